The highest BCUT2D eigenvalue weighted by Crippen LogP contribution is 2.36. The third-order valence-electron chi connectivity index (χ3n) is 2.54. The smallest absolute Gasteiger partial charge is 0.177 e. The number of rotatable bonds is 3. The molecule has 0 aliphatic heterocycles. The third-order valence-corrected chi connectivity index (χ3v) is 4.81. The first kappa shape index (κ1) is 15.3. The van der Waals surface area contributed by atoms with E-state index in [4.69, 9.17) is 10.5 Å². The van der Waals surface area contributed by atoms with E-state index in [1.807, 2.05) is 12.1 Å². The molecule has 0 atom stereocenters. The largest absolute Gasteiger partial charge is 0.454 e. The molecule has 2 aromatic rings. The van der Waals surface area contributed by atoms with Gasteiger partial charge < -0.3 is 10.5 Å². The van der Waals surface area contributed by atoms with Gasteiger partial charge in [-0.25, -0.2) is 8.42 Å². The summed E-state index contributed by atoms with van der Waals surface area (Å²) in [6.07, 6.45) is 1.11. The summed E-state index contributed by atoms with van der Waals surface area (Å²) >= 11 is 6.72. The molecule has 0 bridgehead atoms. The topological polar surface area (TPSA) is 69.4 Å². The summed E-state index contributed by atoms with van der Waals surface area (Å²) in [6, 6.07) is 10.1. The Kier molecular flexibility index (Phi) is 4.41. The second kappa shape index (κ2) is 5.75. The van der Waals surface area contributed by atoms with Crippen LogP contribution < -0.4 is 10.5 Å². The van der Waals surface area contributed by atoms with Gasteiger partial charge in [-0.3, -0.25) is 0 Å². The fourth-order valence-corrected chi connectivity index (χ4v) is 3.57. The lowest BCUT2D eigenvalue weighted by molar-refractivity contribution is 0.480. The Morgan fingerprint density at radius 2 is 1.80 bits per heavy atom. The number of hydrogen-bond acceptors (Lipinski definition) is 4. The second-order valence-electron chi connectivity index (χ2n) is 4.12. The third kappa shape index (κ3) is 3.34. The predicted molar refractivity (Wildman–Crippen MR) is 85.9 cm³/mol. The predicted octanol–water partition coefficient (Wildman–Crippen LogP) is 3.99. The van der Waals surface area contributed by atoms with Crippen LogP contribution in [0.4, 0.5) is 5.69 Å². The fourth-order valence-electron chi connectivity index (χ4n) is 1.61. The SMILES string of the molecule is CS(=O)(=O)c1cccc(Oc2ccc(Br)cc2Br)c1N. The van der Waals surface area contributed by atoms with Gasteiger partial charge in [0.05, 0.1) is 15.1 Å². The molecule has 0 aliphatic rings. The molecule has 106 valence electrons. The second-order valence-corrected chi connectivity index (χ2v) is 7.87. The van der Waals surface area contributed by atoms with Crippen LogP contribution in [-0.4, -0.2) is 14.7 Å². The lowest BCUT2D eigenvalue weighted by atomic mass is 10.3. The summed E-state index contributed by atoms with van der Waals surface area (Å²) in [5, 5.41) is 0. The van der Waals surface area contributed by atoms with Crippen LogP contribution in [-0.2, 0) is 9.84 Å². The van der Waals surface area contributed by atoms with Gasteiger partial charge in [0.1, 0.15) is 5.75 Å². The molecule has 0 fully saturated rings. The van der Waals surface area contributed by atoms with Crippen molar-refractivity contribution in [2.45, 2.75) is 4.90 Å². The lowest BCUT2D eigenvalue weighted by Gasteiger charge is -2.12. The van der Waals surface area contributed by atoms with E-state index in [1.165, 1.54) is 6.07 Å². The quantitative estimate of drug-likeness (QED) is 0.762. The number of halogens is 2. The minimum atomic E-state index is -3.39. The highest BCUT2D eigenvalue weighted by atomic mass is 79.9. The number of para-hydroxylation sites is 1. The molecule has 7 heteroatoms. The molecular formula is C13H11Br2NO3S. The number of nitrogens with two attached hydrogens (primary N) is 1. The van der Waals surface area contributed by atoms with Crippen LogP contribution >= 0.6 is 31.9 Å². The first-order valence-electron chi connectivity index (χ1n) is 5.50. The van der Waals surface area contributed by atoms with Crippen LogP contribution in [0.15, 0.2) is 50.2 Å². The minimum absolute atomic E-state index is 0.0586. The van der Waals surface area contributed by atoms with E-state index >= 15 is 0 Å². The summed E-state index contributed by atoms with van der Waals surface area (Å²) in [6.45, 7) is 0. The zero-order chi connectivity index (χ0) is 14.9. The van der Waals surface area contributed by atoms with Crippen molar-refractivity contribution >= 4 is 47.4 Å². The maximum atomic E-state index is 11.6. The summed E-state index contributed by atoms with van der Waals surface area (Å²) < 4.78 is 30.5. The summed E-state index contributed by atoms with van der Waals surface area (Å²) in [7, 11) is -3.39. The van der Waals surface area contributed by atoms with Crippen molar-refractivity contribution in [3.63, 3.8) is 0 Å². The standard InChI is InChI=1S/C13H11Br2NO3S/c1-20(17,18)12-4-2-3-11(13(12)16)19-10-6-5-8(14)7-9(10)15/h2-7H,16H2,1H3. The summed E-state index contributed by atoms with van der Waals surface area (Å²) in [4.78, 5) is 0.0586. The number of hydrogen-bond donors (Lipinski definition) is 1. The van der Waals surface area contributed by atoms with Gasteiger partial charge in [0.25, 0.3) is 0 Å². The van der Waals surface area contributed by atoms with Crippen molar-refractivity contribution in [2.24, 2.45) is 0 Å². The number of ether oxygens (including phenoxy) is 1. The van der Waals surface area contributed by atoms with E-state index in [1.54, 1.807) is 18.2 Å². The van der Waals surface area contributed by atoms with Crippen LogP contribution in [0.1, 0.15) is 0 Å². The molecule has 0 spiro atoms. The van der Waals surface area contributed by atoms with Crippen LogP contribution in [0.2, 0.25) is 0 Å². The number of sulfone groups is 1. The zero-order valence-electron chi connectivity index (χ0n) is 10.4. The van der Waals surface area contributed by atoms with Gasteiger partial charge in [-0.1, -0.05) is 22.0 Å². The van der Waals surface area contributed by atoms with E-state index in [0.717, 1.165) is 15.2 Å². The van der Waals surface area contributed by atoms with E-state index in [-0.39, 0.29) is 10.6 Å². The molecule has 0 saturated heterocycles. The minimum Gasteiger partial charge on any atom is -0.454 e. The van der Waals surface area contributed by atoms with Crippen LogP contribution in [0.5, 0.6) is 11.5 Å². The van der Waals surface area contributed by atoms with Gasteiger partial charge in [-0.05, 0) is 46.3 Å². The van der Waals surface area contributed by atoms with Crippen molar-refractivity contribution in [2.75, 3.05) is 12.0 Å². The molecule has 0 saturated carbocycles. The number of nitrogen functional groups attached to an aromatic ring is 1. The van der Waals surface area contributed by atoms with Crippen molar-refractivity contribution < 1.29 is 13.2 Å². The van der Waals surface area contributed by atoms with Gasteiger partial charge >= 0.3 is 0 Å². The van der Waals surface area contributed by atoms with Crippen LogP contribution in [0.25, 0.3) is 0 Å². The van der Waals surface area contributed by atoms with Gasteiger partial charge in [0.2, 0.25) is 0 Å². The lowest BCUT2D eigenvalue weighted by Crippen LogP contribution is -2.03. The highest BCUT2D eigenvalue weighted by Gasteiger charge is 2.16. The van der Waals surface area contributed by atoms with Crippen LogP contribution in [0, 0.1) is 0 Å². The Bertz CT molecular complexity index is 760. The van der Waals surface area contributed by atoms with Gasteiger partial charge in [0, 0.05) is 10.7 Å². The highest BCUT2D eigenvalue weighted by molar-refractivity contribution is 9.11. The van der Waals surface area contributed by atoms with Gasteiger partial charge in [0.15, 0.2) is 15.6 Å². The molecule has 0 aromatic heterocycles. The molecule has 0 heterocycles. The zero-order valence-corrected chi connectivity index (χ0v) is 14.4. The Morgan fingerprint density at radius 1 is 1.10 bits per heavy atom. The van der Waals surface area contributed by atoms with Crippen molar-refractivity contribution in [3.05, 3.63) is 45.3 Å². The summed E-state index contributed by atoms with van der Waals surface area (Å²) in [5.41, 5.74) is 5.97. The van der Waals surface area contributed by atoms with E-state index in [0.29, 0.717) is 11.5 Å². The van der Waals surface area contributed by atoms with Gasteiger partial charge in [-0.15, -0.1) is 0 Å². The first-order chi connectivity index (χ1) is 9.29. The first-order valence-corrected chi connectivity index (χ1v) is 8.98. The molecule has 0 unspecified atom stereocenters. The maximum absolute atomic E-state index is 11.6. The molecule has 0 radical (unpaired) electrons. The van der Waals surface area contributed by atoms with Gasteiger partial charge in [-0.2, -0.15) is 0 Å². The monoisotopic (exact) mass is 419 g/mol. The van der Waals surface area contributed by atoms with E-state index < -0.39 is 9.84 Å². The average molecular weight is 421 g/mol. The Labute approximate surface area is 134 Å². The van der Waals surface area contributed by atoms with Crippen molar-refractivity contribution in [1.29, 1.82) is 0 Å². The van der Waals surface area contributed by atoms with E-state index in [9.17, 15) is 8.42 Å². The Balaban J connectivity index is 2.45. The van der Waals surface area contributed by atoms with Crippen LogP contribution in [0.3, 0.4) is 0 Å². The summed E-state index contributed by atoms with van der Waals surface area (Å²) in [5.74, 6) is 0.849. The molecule has 2 rings (SSSR count). The molecule has 4 nitrogen and oxygen atoms in total. The maximum Gasteiger partial charge on any atom is 0.177 e. The molecule has 2 N–H and O–H groups in total. The number of benzene rings is 2. The van der Waals surface area contributed by atoms with Crippen molar-refractivity contribution in [1.82, 2.24) is 0 Å². The molecule has 0 amide bonds. The van der Waals surface area contributed by atoms with Crippen molar-refractivity contribution in [3.8, 4) is 11.5 Å². The van der Waals surface area contributed by atoms with E-state index in [2.05, 4.69) is 31.9 Å². The Hall–Kier alpha value is -1.05. The molecule has 20 heavy (non-hydrogen) atoms. The molecule has 2 aromatic carbocycles. The number of anilines is 1. The Morgan fingerprint density at radius 3 is 2.40 bits per heavy atom. The average Bonchev–Trinajstić information content (AvgIpc) is 2.33. The normalized spacial score (nSPS) is 11.3. The molecular weight excluding hydrogens is 410 g/mol. The fraction of sp³-hybridized carbons (Fsp3) is 0.0769. The molecule has 0 aliphatic carbocycles.